The van der Waals surface area contributed by atoms with Gasteiger partial charge in [-0.1, -0.05) is 19.9 Å². The van der Waals surface area contributed by atoms with Crippen LogP contribution in [0.1, 0.15) is 69.4 Å². The van der Waals surface area contributed by atoms with Crippen LogP contribution in [0, 0.1) is 22.7 Å². The highest BCUT2D eigenvalue weighted by Crippen LogP contribution is 2.68. The zero-order chi connectivity index (χ0) is 16.9. The van der Waals surface area contributed by atoms with Crippen LogP contribution >= 0.6 is 0 Å². The predicted molar refractivity (Wildman–Crippen MR) is 97.4 cm³/mol. The first kappa shape index (κ1) is 16.4. The first-order valence-corrected chi connectivity index (χ1v) is 9.86. The van der Waals surface area contributed by atoms with Crippen molar-refractivity contribution in [2.75, 3.05) is 13.7 Å². The number of hydrogen-bond acceptors (Lipinski definition) is 2. The lowest BCUT2D eigenvalue weighted by Crippen LogP contribution is -2.48. The van der Waals surface area contributed by atoms with Gasteiger partial charge in [-0.15, -0.1) is 0 Å². The quantitative estimate of drug-likeness (QED) is 0.851. The maximum absolute atomic E-state index is 10.2. The van der Waals surface area contributed by atoms with Gasteiger partial charge in [0.2, 0.25) is 0 Å². The van der Waals surface area contributed by atoms with Crippen LogP contribution in [-0.2, 0) is 6.42 Å². The number of ether oxygens (including phenoxy) is 1. The van der Waals surface area contributed by atoms with Crippen LogP contribution in [0.3, 0.4) is 0 Å². The number of aryl methyl sites for hydroxylation is 1. The summed E-state index contributed by atoms with van der Waals surface area (Å²) in [4.78, 5) is 0. The minimum Gasteiger partial charge on any atom is -0.497 e. The summed E-state index contributed by atoms with van der Waals surface area (Å²) in [6.07, 6.45) is 8.74. The molecule has 0 amide bonds. The van der Waals surface area contributed by atoms with Crippen LogP contribution in [0.25, 0.3) is 0 Å². The molecule has 132 valence electrons. The van der Waals surface area contributed by atoms with E-state index in [1.165, 1.54) is 44.1 Å². The zero-order valence-electron chi connectivity index (χ0n) is 15.5. The van der Waals surface area contributed by atoms with Gasteiger partial charge in [-0.3, -0.25) is 0 Å². The van der Waals surface area contributed by atoms with Gasteiger partial charge in [-0.25, -0.2) is 0 Å². The molecule has 0 bridgehead atoms. The van der Waals surface area contributed by atoms with Gasteiger partial charge in [0.25, 0.3) is 0 Å². The average molecular weight is 328 g/mol. The SMILES string of the molecule is CC[C@@]1(CO)CC[C@H]2[C@@H]3CCc4cc(OC)ccc4[C@H]3CC[C@@]21C. The van der Waals surface area contributed by atoms with Crippen molar-refractivity contribution < 1.29 is 9.84 Å². The van der Waals surface area contributed by atoms with E-state index in [0.29, 0.717) is 12.0 Å². The molecule has 0 radical (unpaired) electrons. The highest BCUT2D eigenvalue weighted by Gasteiger charge is 2.60. The van der Waals surface area contributed by atoms with Crippen molar-refractivity contribution in [2.24, 2.45) is 22.7 Å². The van der Waals surface area contributed by atoms with Gasteiger partial charge in [0.1, 0.15) is 5.75 Å². The van der Waals surface area contributed by atoms with Gasteiger partial charge < -0.3 is 9.84 Å². The number of rotatable bonds is 3. The summed E-state index contributed by atoms with van der Waals surface area (Å²) >= 11 is 0. The Kier molecular flexibility index (Phi) is 3.95. The maximum Gasteiger partial charge on any atom is 0.119 e. The molecule has 3 aliphatic rings. The van der Waals surface area contributed by atoms with E-state index in [1.807, 2.05) is 0 Å². The number of hydrogen-bond donors (Lipinski definition) is 1. The van der Waals surface area contributed by atoms with E-state index in [9.17, 15) is 5.11 Å². The van der Waals surface area contributed by atoms with E-state index < -0.39 is 0 Å². The van der Waals surface area contributed by atoms with Gasteiger partial charge in [0, 0.05) is 6.61 Å². The second-order valence-corrected chi connectivity index (χ2v) is 8.77. The van der Waals surface area contributed by atoms with Crippen molar-refractivity contribution in [3.8, 4) is 5.75 Å². The normalized spacial score (nSPS) is 40.6. The Morgan fingerprint density at radius 3 is 2.75 bits per heavy atom. The lowest BCUT2D eigenvalue weighted by molar-refractivity contribution is -0.0577. The third-order valence-corrected chi connectivity index (χ3v) is 8.45. The lowest BCUT2D eigenvalue weighted by Gasteiger charge is -2.54. The fourth-order valence-corrected chi connectivity index (χ4v) is 6.87. The molecule has 0 heterocycles. The van der Waals surface area contributed by atoms with E-state index in [4.69, 9.17) is 4.74 Å². The van der Waals surface area contributed by atoms with Gasteiger partial charge in [0.05, 0.1) is 7.11 Å². The van der Waals surface area contributed by atoms with Gasteiger partial charge in [0.15, 0.2) is 0 Å². The maximum atomic E-state index is 10.2. The molecule has 1 aromatic rings. The Bertz CT molecular complexity index is 618. The van der Waals surface area contributed by atoms with Crippen molar-refractivity contribution in [3.05, 3.63) is 29.3 Å². The fourth-order valence-electron chi connectivity index (χ4n) is 6.87. The van der Waals surface area contributed by atoms with Gasteiger partial charge >= 0.3 is 0 Å². The molecular formula is C22H32O2. The Labute approximate surface area is 146 Å². The Balaban J connectivity index is 1.68. The highest BCUT2D eigenvalue weighted by molar-refractivity contribution is 5.40. The molecule has 24 heavy (non-hydrogen) atoms. The lowest BCUT2D eigenvalue weighted by atomic mass is 9.50. The van der Waals surface area contributed by atoms with Crippen LogP contribution < -0.4 is 4.74 Å². The molecule has 0 aromatic heterocycles. The van der Waals surface area contributed by atoms with Crippen LogP contribution in [-0.4, -0.2) is 18.8 Å². The van der Waals surface area contributed by atoms with E-state index in [1.54, 1.807) is 12.7 Å². The third kappa shape index (κ3) is 2.05. The summed E-state index contributed by atoms with van der Waals surface area (Å²) < 4.78 is 5.43. The van der Waals surface area contributed by atoms with Crippen molar-refractivity contribution in [3.63, 3.8) is 0 Å². The van der Waals surface area contributed by atoms with Gasteiger partial charge in [-0.2, -0.15) is 0 Å². The minimum absolute atomic E-state index is 0.169. The van der Waals surface area contributed by atoms with Gasteiger partial charge in [-0.05, 0) is 96.8 Å². The van der Waals surface area contributed by atoms with Crippen molar-refractivity contribution in [1.82, 2.24) is 0 Å². The predicted octanol–water partition coefficient (Wildman–Crippen LogP) is 4.94. The van der Waals surface area contributed by atoms with Crippen molar-refractivity contribution in [1.29, 1.82) is 0 Å². The summed E-state index contributed by atoms with van der Waals surface area (Å²) in [5.74, 6) is 3.33. The molecule has 3 aliphatic carbocycles. The molecule has 2 fully saturated rings. The molecule has 5 atom stereocenters. The summed E-state index contributed by atoms with van der Waals surface area (Å²) in [5.41, 5.74) is 3.61. The molecule has 2 nitrogen and oxygen atoms in total. The Morgan fingerprint density at radius 2 is 2.04 bits per heavy atom. The number of aliphatic hydroxyl groups excluding tert-OH is 1. The standard InChI is InChI=1S/C22H32O2/c1-4-22(14-23)12-10-20-19-7-5-15-13-16(24-3)6-8-17(15)18(19)9-11-21(20,22)2/h6,8,13,18-20,23H,4-5,7,9-12,14H2,1-3H3/t18-,19-,20+,21+,22+/m1/s1. The van der Waals surface area contributed by atoms with Crippen LogP contribution in [0.4, 0.5) is 0 Å². The Morgan fingerprint density at radius 1 is 1.21 bits per heavy atom. The second kappa shape index (κ2) is 5.76. The highest BCUT2D eigenvalue weighted by atomic mass is 16.5. The van der Waals surface area contributed by atoms with Crippen LogP contribution in [0.5, 0.6) is 5.75 Å². The molecule has 0 spiro atoms. The van der Waals surface area contributed by atoms with E-state index >= 15 is 0 Å². The number of fused-ring (bicyclic) bond motifs is 5. The summed E-state index contributed by atoms with van der Waals surface area (Å²) in [7, 11) is 1.76. The molecule has 0 saturated heterocycles. The van der Waals surface area contributed by atoms with Crippen LogP contribution in [0.15, 0.2) is 18.2 Å². The largest absolute Gasteiger partial charge is 0.497 e. The molecule has 0 unspecified atom stereocenters. The first-order chi connectivity index (χ1) is 11.6. The molecule has 1 N–H and O–H groups in total. The number of aliphatic hydroxyl groups is 1. The monoisotopic (exact) mass is 328 g/mol. The molecule has 1 aromatic carbocycles. The van der Waals surface area contributed by atoms with E-state index in [2.05, 4.69) is 32.0 Å². The number of methoxy groups -OCH3 is 1. The van der Waals surface area contributed by atoms with E-state index in [0.717, 1.165) is 29.9 Å². The topological polar surface area (TPSA) is 29.5 Å². The smallest absolute Gasteiger partial charge is 0.119 e. The van der Waals surface area contributed by atoms with E-state index in [-0.39, 0.29) is 5.41 Å². The Hall–Kier alpha value is -1.02. The van der Waals surface area contributed by atoms with Crippen molar-refractivity contribution in [2.45, 2.75) is 64.7 Å². The molecule has 0 aliphatic heterocycles. The number of benzene rings is 1. The third-order valence-electron chi connectivity index (χ3n) is 8.45. The molecule has 2 heteroatoms. The molecular weight excluding hydrogens is 296 g/mol. The minimum atomic E-state index is 0.169. The van der Waals surface area contributed by atoms with Crippen molar-refractivity contribution >= 4 is 0 Å². The molecule has 4 rings (SSSR count). The average Bonchev–Trinajstić information content (AvgIpc) is 2.93. The zero-order valence-corrected chi connectivity index (χ0v) is 15.5. The first-order valence-electron chi connectivity index (χ1n) is 9.86. The molecule has 2 saturated carbocycles. The second-order valence-electron chi connectivity index (χ2n) is 8.77. The summed E-state index contributed by atoms with van der Waals surface area (Å²) in [5, 5.41) is 10.2. The van der Waals surface area contributed by atoms with Crippen LogP contribution in [0.2, 0.25) is 0 Å². The fraction of sp³-hybridized carbons (Fsp3) is 0.727. The summed E-state index contributed by atoms with van der Waals surface area (Å²) in [6, 6.07) is 6.74. The summed E-state index contributed by atoms with van der Waals surface area (Å²) in [6.45, 7) is 5.17.